The second-order valence-electron chi connectivity index (χ2n) is 4.15. The normalized spacial score (nSPS) is 13.0. The van der Waals surface area contributed by atoms with Crippen molar-refractivity contribution < 1.29 is 31.5 Å². The fraction of sp³-hybridized carbons (Fsp3) is 0.417. The Morgan fingerprint density at radius 1 is 1.38 bits per heavy atom. The SMILES string of the molecule is CCOCC(C)OC(=O)c1c(F)ccc(S(N)(=O)=O)c1F. The molecule has 0 aromatic heterocycles. The van der Waals surface area contributed by atoms with Gasteiger partial charge in [-0.15, -0.1) is 0 Å². The molecule has 1 atom stereocenters. The van der Waals surface area contributed by atoms with Gasteiger partial charge in [-0.2, -0.15) is 0 Å². The van der Waals surface area contributed by atoms with Crippen LogP contribution in [0.15, 0.2) is 17.0 Å². The number of carbonyl (C=O) groups is 1. The minimum Gasteiger partial charge on any atom is -0.456 e. The monoisotopic (exact) mass is 323 g/mol. The Bertz CT molecular complexity index is 633. The molecule has 1 aromatic carbocycles. The second kappa shape index (κ2) is 6.92. The summed E-state index contributed by atoms with van der Waals surface area (Å²) in [5.74, 6) is -4.15. The molecule has 0 fully saturated rings. The van der Waals surface area contributed by atoms with Crippen LogP contribution >= 0.6 is 0 Å². The third kappa shape index (κ3) is 4.45. The molecule has 0 bridgehead atoms. The zero-order valence-electron chi connectivity index (χ0n) is 11.4. The number of halogens is 2. The summed E-state index contributed by atoms with van der Waals surface area (Å²) in [4.78, 5) is 10.8. The van der Waals surface area contributed by atoms with Crippen molar-refractivity contribution in [2.45, 2.75) is 24.8 Å². The summed E-state index contributed by atoms with van der Waals surface area (Å²) < 4.78 is 59.6. The zero-order valence-corrected chi connectivity index (χ0v) is 12.2. The van der Waals surface area contributed by atoms with Gasteiger partial charge in [0.2, 0.25) is 10.0 Å². The van der Waals surface area contributed by atoms with Crippen LogP contribution in [0.3, 0.4) is 0 Å². The molecule has 1 unspecified atom stereocenters. The van der Waals surface area contributed by atoms with Gasteiger partial charge in [-0.05, 0) is 26.0 Å². The number of sulfonamides is 1. The Morgan fingerprint density at radius 2 is 2.00 bits per heavy atom. The summed E-state index contributed by atoms with van der Waals surface area (Å²) in [6.07, 6.45) is -0.755. The first-order chi connectivity index (χ1) is 9.68. The van der Waals surface area contributed by atoms with Crippen LogP contribution in [0.5, 0.6) is 0 Å². The lowest BCUT2D eigenvalue weighted by Crippen LogP contribution is -2.23. The molecule has 6 nitrogen and oxygen atoms in total. The minimum absolute atomic E-state index is 0.0420. The number of hydrogen-bond acceptors (Lipinski definition) is 5. The third-order valence-electron chi connectivity index (χ3n) is 2.43. The van der Waals surface area contributed by atoms with E-state index < -0.39 is 44.2 Å². The van der Waals surface area contributed by atoms with Crippen LogP contribution in [-0.2, 0) is 19.5 Å². The molecular weight excluding hydrogens is 308 g/mol. The molecule has 1 rings (SSSR count). The molecular formula is C12H15F2NO5S. The highest BCUT2D eigenvalue weighted by atomic mass is 32.2. The molecule has 0 aliphatic rings. The number of nitrogens with two attached hydrogens (primary N) is 1. The first-order valence-corrected chi connectivity index (χ1v) is 7.52. The van der Waals surface area contributed by atoms with Gasteiger partial charge in [0.15, 0.2) is 5.82 Å². The van der Waals surface area contributed by atoms with E-state index in [2.05, 4.69) is 0 Å². The third-order valence-corrected chi connectivity index (χ3v) is 3.36. The first-order valence-electron chi connectivity index (χ1n) is 5.98. The lowest BCUT2D eigenvalue weighted by Gasteiger charge is -2.14. The summed E-state index contributed by atoms with van der Waals surface area (Å²) in [7, 11) is -4.42. The fourth-order valence-corrected chi connectivity index (χ4v) is 2.11. The average molecular weight is 323 g/mol. The number of primary sulfonamides is 1. The molecule has 0 saturated carbocycles. The molecule has 0 radical (unpaired) electrons. The molecule has 0 aliphatic heterocycles. The van der Waals surface area contributed by atoms with E-state index in [4.69, 9.17) is 14.6 Å². The van der Waals surface area contributed by atoms with Crippen molar-refractivity contribution in [3.63, 3.8) is 0 Å². The molecule has 0 aliphatic carbocycles. The Balaban J connectivity index is 3.10. The second-order valence-corrected chi connectivity index (χ2v) is 5.68. The van der Waals surface area contributed by atoms with Crippen molar-refractivity contribution >= 4 is 16.0 Å². The summed E-state index contributed by atoms with van der Waals surface area (Å²) in [6, 6.07) is 1.27. The summed E-state index contributed by atoms with van der Waals surface area (Å²) in [5, 5.41) is 4.78. The van der Waals surface area contributed by atoms with E-state index in [0.717, 1.165) is 0 Å². The van der Waals surface area contributed by atoms with Gasteiger partial charge in [-0.25, -0.2) is 27.1 Å². The van der Waals surface area contributed by atoms with Gasteiger partial charge >= 0.3 is 5.97 Å². The largest absolute Gasteiger partial charge is 0.456 e. The number of hydrogen-bond donors (Lipinski definition) is 1. The fourth-order valence-electron chi connectivity index (χ4n) is 1.50. The number of esters is 1. The molecule has 118 valence electrons. The molecule has 0 amide bonds. The summed E-state index contributed by atoms with van der Waals surface area (Å²) in [5.41, 5.74) is -1.11. The number of carbonyl (C=O) groups excluding carboxylic acids is 1. The maximum Gasteiger partial charge on any atom is 0.344 e. The first kappa shape index (κ1) is 17.5. The predicted molar refractivity (Wildman–Crippen MR) is 69.1 cm³/mol. The molecule has 0 saturated heterocycles. The molecule has 0 heterocycles. The van der Waals surface area contributed by atoms with Crippen molar-refractivity contribution in [2.24, 2.45) is 5.14 Å². The summed E-state index contributed by atoms with van der Waals surface area (Å²) in [6.45, 7) is 3.61. The van der Waals surface area contributed by atoms with Gasteiger partial charge in [-0.1, -0.05) is 0 Å². The Kier molecular flexibility index (Phi) is 5.76. The highest BCUT2D eigenvalue weighted by Gasteiger charge is 2.27. The van der Waals surface area contributed by atoms with Crippen molar-refractivity contribution in [3.8, 4) is 0 Å². The van der Waals surface area contributed by atoms with E-state index in [1.54, 1.807) is 6.92 Å². The van der Waals surface area contributed by atoms with E-state index in [9.17, 15) is 22.0 Å². The number of ether oxygens (including phenoxy) is 2. The lowest BCUT2D eigenvalue weighted by molar-refractivity contribution is 0.00354. The van der Waals surface area contributed by atoms with Crippen LogP contribution in [0.1, 0.15) is 24.2 Å². The van der Waals surface area contributed by atoms with Crippen LogP contribution in [0, 0.1) is 11.6 Å². The van der Waals surface area contributed by atoms with E-state index >= 15 is 0 Å². The quantitative estimate of drug-likeness (QED) is 0.794. The van der Waals surface area contributed by atoms with Gasteiger partial charge < -0.3 is 9.47 Å². The number of benzene rings is 1. The summed E-state index contributed by atoms with van der Waals surface area (Å²) >= 11 is 0. The van der Waals surface area contributed by atoms with E-state index in [1.807, 2.05) is 0 Å². The van der Waals surface area contributed by atoms with Crippen LogP contribution in [0.25, 0.3) is 0 Å². The van der Waals surface area contributed by atoms with Crippen molar-refractivity contribution in [2.75, 3.05) is 13.2 Å². The van der Waals surface area contributed by atoms with Crippen LogP contribution in [0.4, 0.5) is 8.78 Å². The molecule has 1 aromatic rings. The molecule has 21 heavy (non-hydrogen) atoms. The zero-order chi connectivity index (χ0) is 16.2. The Labute approximate surface area is 120 Å². The van der Waals surface area contributed by atoms with Crippen LogP contribution < -0.4 is 5.14 Å². The van der Waals surface area contributed by atoms with E-state index in [-0.39, 0.29) is 6.61 Å². The Hall–Kier alpha value is -1.58. The van der Waals surface area contributed by atoms with E-state index in [1.165, 1.54) is 6.92 Å². The molecule has 2 N–H and O–H groups in total. The van der Waals surface area contributed by atoms with E-state index in [0.29, 0.717) is 18.7 Å². The smallest absolute Gasteiger partial charge is 0.344 e. The highest BCUT2D eigenvalue weighted by Crippen LogP contribution is 2.21. The maximum atomic E-state index is 14.0. The van der Waals surface area contributed by atoms with Gasteiger partial charge in [0.25, 0.3) is 0 Å². The maximum absolute atomic E-state index is 14.0. The molecule has 9 heteroatoms. The number of rotatable bonds is 6. The minimum atomic E-state index is -4.42. The lowest BCUT2D eigenvalue weighted by atomic mass is 10.2. The van der Waals surface area contributed by atoms with Gasteiger partial charge in [0, 0.05) is 6.61 Å². The molecule has 0 spiro atoms. The van der Waals surface area contributed by atoms with Gasteiger partial charge in [0.1, 0.15) is 22.4 Å². The van der Waals surface area contributed by atoms with Gasteiger partial charge in [-0.3, -0.25) is 0 Å². The standard InChI is InChI=1S/C12H15F2NO5S/c1-3-19-6-7(2)20-12(16)10-8(13)4-5-9(11(10)14)21(15,17)18/h4-5,7H,3,6H2,1-2H3,(H2,15,17,18). The van der Waals surface area contributed by atoms with Gasteiger partial charge in [0.05, 0.1) is 6.61 Å². The van der Waals surface area contributed by atoms with Crippen LogP contribution in [-0.4, -0.2) is 33.7 Å². The topological polar surface area (TPSA) is 95.7 Å². The average Bonchev–Trinajstić information content (AvgIpc) is 2.34. The van der Waals surface area contributed by atoms with Crippen molar-refractivity contribution in [1.29, 1.82) is 0 Å². The Morgan fingerprint density at radius 3 is 2.52 bits per heavy atom. The van der Waals surface area contributed by atoms with Crippen LogP contribution in [0.2, 0.25) is 0 Å². The predicted octanol–water partition coefficient (Wildman–Crippen LogP) is 1.19. The highest BCUT2D eigenvalue weighted by molar-refractivity contribution is 7.89. The van der Waals surface area contributed by atoms with Crippen molar-refractivity contribution in [3.05, 3.63) is 29.3 Å². The van der Waals surface area contributed by atoms with Crippen molar-refractivity contribution in [1.82, 2.24) is 0 Å².